The van der Waals surface area contributed by atoms with Gasteiger partial charge in [-0.3, -0.25) is 4.79 Å². The lowest BCUT2D eigenvalue weighted by Crippen LogP contribution is -2.16. The van der Waals surface area contributed by atoms with E-state index in [-0.39, 0.29) is 22.5 Å². The minimum Gasteiger partial charge on any atom is -0.465 e. The van der Waals surface area contributed by atoms with E-state index >= 15 is 0 Å². The Balaban J connectivity index is 1.89. The van der Waals surface area contributed by atoms with E-state index in [9.17, 15) is 14.4 Å². The van der Waals surface area contributed by atoms with Crippen LogP contribution >= 0.6 is 22.7 Å². The third kappa shape index (κ3) is 4.04. The number of aromatic nitrogens is 1. The summed E-state index contributed by atoms with van der Waals surface area (Å²) in [6.45, 7) is 0. The molecule has 0 radical (unpaired) electrons. The maximum atomic E-state index is 12.6. The molecule has 3 aromatic rings. The van der Waals surface area contributed by atoms with Crippen LogP contribution in [0.25, 0.3) is 10.6 Å². The molecule has 1 amide bonds. The summed E-state index contributed by atoms with van der Waals surface area (Å²) in [5.41, 5.74) is 1.59. The fourth-order valence-electron chi connectivity index (χ4n) is 2.26. The normalized spacial score (nSPS) is 10.3. The average Bonchev–Trinajstić information content (AvgIpc) is 3.38. The summed E-state index contributed by atoms with van der Waals surface area (Å²) in [7, 11) is 2.48. The molecule has 0 aliphatic carbocycles. The molecule has 0 saturated carbocycles. The van der Waals surface area contributed by atoms with Crippen molar-refractivity contribution >= 4 is 46.2 Å². The van der Waals surface area contributed by atoms with Crippen LogP contribution in [0.3, 0.4) is 0 Å². The molecule has 0 aliphatic heterocycles. The number of nitrogens with one attached hydrogen (secondary N) is 1. The standard InChI is InChI=1S/C18H14N2O5S2/c1-24-17(22)10-3-4-12(18(23)25-2)13(7-10)19-15(21)14-9-27-16(20-14)11-5-6-26-8-11/h3-9H,1-2H3,(H,19,21). The molecule has 27 heavy (non-hydrogen) atoms. The maximum Gasteiger partial charge on any atom is 0.339 e. The van der Waals surface area contributed by atoms with Crippen LogP contribution in [0.2, 0.25) is 0 Å². The number of anilines is 1. The monoisotopic (exact) mass is 402 g/mol. The molecule has 0 saturated heterocycles. The topological polar surface area (TPSA) is 94.6 Å². The smallest absolute Gasteiger partial charge is 0.339 e. The Morgan fingerprint density at radius 3 is 2.48 bits per heavy atom. The Kier molecular flexibility index (Phi) is 5.63. The van der Waals surface area contributed by atoms with Gasteiger partial charge < -0.3 is 14.8 Å². The maximum absolute atomic E-state index is 12.6. The van der Waals surface area contributed by atoms with Crippen LogP contribution in [0, 0.1) is 0 Å². The highest BCUT2D eigenvalue weighted by atomic mass is 32.1. The van der Waals surface area contributed by atoms with Crippen molar-refractivity contribution in [3.8, 4) is 10.6 Å². The molecule has 1 N–H and O–H groups in total. The van der Waals surface area contributed by atoms with Crippen molar-refractivity contribution in [2.45, 2.75) is 0 Å². The van der Waals surface area contributed by atoms with Gasteiger partial charge in [0, 0.05) is 16.3 Å². The molecule has 0 aliphatic rings. The fourth-order valence-corrected chi connectivity index (χ4v) is 3.78. The average molecular weight is 402 g/mol. The van der Waals surface area contributed by atoms with Crippen LogP contribution in [0.1, 0.15) is 31.2 Å². The molecule has 3 rings (SSSR count). The summed E-state index contributed by atoms with van der Waals surface area (Å²) < 4.78 is 9.40. The fraction of sp³-hybridized carbons (Fsp3) is 0.111. The van der Waals surface area contributed by atoms with Crippen molar-refractivity contribution in [3.05, 3.63) is 57.2 Å². The third-order valence-corrected chi connectivity index (χ3v) is 5.17. The zero-order valence-corrected chi connectivity index (χ0v) is 16.0. The van der Waals surface area contributed by atoms with Gasteiger partial charge in [-0.1, -0.05) is 0 Å². The Morgan fingerprint density at radius 2 is 1.81 bits per heavy atom. The first-order chi connectivity index (χ1) is 13.0. The first-order valence-corrected chi connectivity index (χ1v) is 9.46. The Bertz CT molecular complexity index is 995. The molecule has 7 nitrogen and oxygen atoms in total. The summed E-state index contributed by atoms with van der Waals surface area (Å²) in [6.07, 6.45) is 0. The summed E-state index contributed by atoms with van der Waals surface area (Å²) in [5, 5.41) is 8.84. The molecular weight excluding hydrogens is 388 g/mol. The number of carbonyl (C=O) groups excluding carboxylic acids is 3. The largest absolute Gasteiger partial charge is 0.465 e. The number of esters is 2. The number of hydrogen-bond donors (Lipinski definition) is 1. The van der Waals surface area contributed by atoms with Crippen LogP contribution in [-0.2, 0) is 9.47 Å². The number of methoxy groups -OCH3 is 2. The highest BCUT2D eigenvalue weighted by Gasteiger charge is 2.19. The van der Waals surface area contributed by atoms with E-state index in [1.807, 2.05) is 16.8 Å². The van der Waals surface area contributed by atoms with Gasteiger partial charge in [0.2, 0.25) is 0 Å². The van der Waals surface area contributed by atoms with Crippen molar-refractivity contribution in [1.82, 2.24) is 4.98 Å². The SMILES string of the molecule is COC(=O)c1ccc(C(=O)OC)c(NC(=O)c2csc(-c3ccsc3)n2)c1. The number of thiophene rings is 1. The summed E-state index contributed by atoms with van der Waals surface area (Å²) in [6, 6.07) is 6.10. The second-order valence-electron chi connectivity index (χ2n) is 5.25. The Hall–Kier alpha value is -3.04. The lowest BCUT2D eigenvalue weighted by atomic mass is 10.1. The predicted molar refractivity (Wildman–Crippen MR) is 103 cm³/mol. The van der Waals surface area contributed by atoms with Crippen molar-refractivity contribution in [2.75, 3.05) is 19.5 Å². The van der Waals surface area contributed by atoms with Crippen LogP contribution < -0.4 is 5.32 Å². The summed E-state index contributed by atoms with van der Waals surface area (Å²) in [4.78, 5) is 40.6. The van der Waals surface area contributed by atoms with Gasteiger partial charge in [0.15, 0.2) is 0 Å². The number of hydrogen-bond acceptors (Lipinski definition) is 8. The number of nitrogens with zero attached hydrogens (tertiary/aromatic N) is 1. The minimum atomic E-state index is -0.640. The molecule has 1 aromatic carbocycles. The number of ether oxygens (including phenoxy) is 2. The lowest BCUT2D eigenvalue weighted by Gasteiger charge is -2.10. The van der Waals surface area contributed by atoms with Crippen molar-refractivity contribution in [1.29, 1.82) is 0 Å². The van der Waals surface area contributed by atoms with Crippen molar-refractivity contribution < 1.29 is 23.9 Å². The summed E-state index contributed by atoms with van der Waals surface area (Å²) in [5.74, 6) is -1.73. The number of carbonyl (C=O) groups is 3. The highest BCUT2D eigenvalue weighted by molar-refractivity contribution is 7.14. The molecule has 0 unspecified atom stereocenters. The van der Waals surface area contributed by atoms with E-state index in [1.165, 1.54) is 55.1 Å². The van der Waals surface area contributed by atoms with Gasteiger partial charge in [-0.25, -0.2) is 14.6 Å². The zero-order chi connectivity index (χ0) is 19.4. The van der Waals surface area contributed by atoms with Gasteiger partial charge in [-0.15, -0.1) is 11.3 Å². The number of amides is 1. The van der Waals surface area contributed by atoms with Crippen LogP contribution in [0.15, 0.2) is 40.4 Å². The van der Waals surface area contributed by atoms with Crippen LogP contribution in [0.4, 0.5) is 5.69 Å². The van der Waals surface area contributed by atoms with Crippen LogP contribution in [-0.4, -0.2) is 37.0 Å². The Labute approximate surface area is 162 Å². The number of thiazole rings is 1. The lowest BCUT2D eigenvalue weighted by molar-refractivity contribution is 0.0587. The minimum absolute atomic E-state index is 0.117. The molecule has 9 heteroatoms. The van der Waals surface area contributed by atoms with E-state index < -0.39 is 17.8 Å². The third-order valence-electron chi connectivity index (χ3n) is 3.60. The van der Waals surface area contributed by atoms with Gasteiger partial charge in [0.25, 0.3) is 5.91 Å². The summed E-state index contributed by atoms with van der Waals surface area (Å²) >= 11 is 2.88. The quantitative estimate of drug-likeness (QED) is 0.654. The van der Waals surface area contributed by atoms with Gasteiger partial charge in [-0.2, -0.15) is 11.3 Å². The van der Waals surface area contributed by atoms with E-state index in [0.717, 1.165) is 10.6 Å². The van der Waals surface area contributed by atoms with E-state index in [2.05, 4.69) is 15.0 Å². The Morgan fingerprint density at radius 1 is 1.04 bits per heavy atom. The van der Waals surface area contributed by atoms with Crippen LogP contribution in [0.5, 0.6) is 0 Å². The van der Waals surface area contributed by atoms with E-state index in [0.29, 0.717) is 0 Å². The second-order valence-corrected chi connectivity index (χ2v) is 6.89. The second kappa shape index (κ2) is 8.11. The molecule has 0 bridgehead atoms. The number of benzene rings is 1. The predicted octanol–water partition coefficient (Wildman–Crippen LogP) is 3.70. The highest BCUT2D eigenvalue weighted by Crippen LogP contribution is 2.26. The number of rotatable bonds is 5. The van der Waals surface area contributed by atoms with E-state index in [4.69, 9.17) is 4.74 Å². The van der Waals surface area contributed by atoms with E-state index in [1.54, 1.807) is 5.38 Å². The van der Waals surface area contributed by atoms with Gasteiger partial charge in [0.05, 0.1) is 31.0 Å². The van der Waals surface area contributed by atoms with Gasteiger partial charge in [0.1, 0.15) is 10.7 Å². The van der Waals surface area contributed by atoms with Gasteiger partial charge >= 0.3 is 11.9 Å². The molecule has 2 heterocycles. The van der Waals surface area contributed by atoms with Crippen molar-refractivity contribution in [2.24, 2.45) is 0 Å². The van der Waals surface area contributed by atoms with Gasteiger partial charge in [-0.05, 0) is 29.6 Å². The molecule has 2 aromatic heterocycles. The molecule has 0 spiro atoms. The first-order valence-electron chi connectivity index (χ1n) is 7.63. The van der Waals surface area contributed by atoms with Crippen molar-refractivity contribution in [3.63, 3.8) is 0 Å². The molecule has 0 atom stereocenters. The first kappa shape index (κ1) is 18.7. The zero-order valence-electron chi connectivity index (χ0n) is 14.3. The molecular formula is C18H14N2O5S2. The molecule has 0 fully saturated rings. The molecule has 138 valence electrons.